The lowest BCUT2D eigenvalue weighted by atomic mass is 10.2. The van der Waals surface area contributed by atoms with Crippen LogP contribution in [0.3, 0.4) is 0 Å². The predicted octanol–water partition coefficient (Wildman–Crippen LogP) is 1.27. The van der Waals surface area contributed by atoms with Gasteiger partial charge >= 0.3 is 0 Å². The third kappa shape index (κ3) is 4.10. The molecule has 1 aliphatic carbocycles. The molecule has 0 bridgehead atoms. The van der Waals surface area contributed by atoms with Crippen molar-refractivity contribution >= 4 is 5.91 Å². The highest BCUT2D eigenvalue weighted by Crippen LogP contribution is 2.20. The first-order valence-corrected chi connectivity index (χ1v) is 7.91. The first-order chi connectivity index (χ1) is 11.6. The molecule has 1 heterocycles. The number of benzene rings is 1. The van der Waals surface area contributed by atoms with Gasteiger partial charge in [-0.05, 0) is 24.5 Å². The zero-order valence-corrected chi connectivity index (χ0v) is 13.1. The van der Waals surface area contributed by atoms with Crippen LogP contribution in [0.1, 0.15) is 28.8 Å². The molecule has 1 unspecified atom stereocenters. The average Bonchev–Trinajstić information content (AvgIpc) is 2.91. The van der Waals surface area contributed by atoms with E-state index in [0.717, 1.165) is 5.56 Å². The van der Waals surface area contributed by atoms with Gasteiger partial charge in [0.1, 0.15) is 6.61 Å². The largest absolute Gasteiger partial charge is 0.473 e. The maximum absolute atomic E-state index is 12.3. The summed E-state index contributed by atoms with van der Waals surface area (Å²) in [6.07, 6.45) is 0.674. The van der Waals surface area contributed by atoms with Crippen molar-refractivity contribution in [2.24, 2.45) is 0 Å². The number of aromatic nitrogens is 1. The summed E-state index contributed by atoms with van der Waals surface area (Å²) in [5, 5.41) is 21.9. The molecular formula is C18H20N2O4. The minimum atomic E-state index is -0.780. The van der Waals surface area contributed by atoms with Crippen LogP contribution in [0.25, 0.3) is 0 Å². The number of hydrogen-bond donors (Lipinski definition) is 3. The van der Waals surface area contributed by atoms with Gasteiger partial charge in [-0.1, -0.05) is 30.3 Å². The topological polar surface area (TPSA) is 91.7 Å². The number of nitrogens with zero attached hydrogens (tertiary/aromatic N) is 1. The predicted molar refractivity (Wildman–Crippen MR) is 87.5 cm³/mol. The Balaban J connectivity index is 1.59. The molecule has 0 spiro atoms. The maximum atomic E-state index is 12.3. The molecule has 1 aromatic heterocycles. The molecule has 1 saturated carbocycles. The molecule has 6 nitrogen and oxygen atoms in total. The fourth-order valence-electron chi connectivity index (χ4n) is 2.74. The Morgan fingerprint density at radius 3 is 2.58 bits per heavy atom. The Bertz CT molecular complexity index is 682. The molecule has 0 aliphatic heterocycles. The second-order valence-electron chi connectivity index (χ2n) is 5.93. The SMILES string of the molecule is O=C(NC1C[C@@H](O)[C@@H](O)C1)c1ccnc(OCc2ccccc2)c1. The molecule has 1 fully saturated rings. The quantitative estimate of drug-likeness (QED) is 0.769. The van der Waals surface area contributed by atoms with E-state index in [1.807, 2.05) is 30.3 Å². The standard InChI is InChI=1S/C18H20N2O4/c21-15-9-14(10-16(15)22)20-18(23)13-6-7-19-17(8-13)24-11-12-4-2-1-3-5-12/h1-8,14-16,21-22H,9-11H2,(H,20,23)/t14?,15-,16+. The van der Waals surface area contributed by atoms with Gasteiger partial charge in [-0.3, -0.25) is 4.79 Å². The van der Waals surface area contributed by atoms with Crippen LogP contribution in [0.5, 0.6) is 5.88 Å². The maximum Gasteiger partial charge on any atom is 0.251 e. The fourth-order valence-corrected chi connectivity index (χ4v) is 2.74. The van der Waals surface area contributed by atoms with Crippen LogP contribution in [0.2, 0.25) is 0 Å². The highest BCUT2D eigenvalue weighted by atomic mass is 16.5. The molecule has 6 heteroatoms. The van der Waals surface area contributed by atoms with Gasteiger partial charge in [0, 0.05) is 23.9 Å². The van der Waals surface area contributed by atoms with Crippen molar-refractivity contribution in [2.45, 2.75) is 37.7 Å². The number of pyridine rings is 1. The number of hydrogen-bond acceptors (Lipinski definition) is 5. The summed E-state index contributed by atoms with van der Waals surface area (Å²) in [4.78, 5) is 16.4. The van der Waals surface area contributed by atoms with Crippen molar-refractivity contribution in [3.05, 3.63) is 59.8 Å². The number of carbonyl (C=O) groups is 1. The van der Waals surface area contributed by atoms with Crippen molar-refractivity contribution in [3.63, 3.8) is 0 Å². The molecule has 1 amide bonds. The van der Waals surface area contributed by atoms with Gasteiger partial charge in [0.15, 0.2) is 0 Å². The number of amides is 1. The number of carbonyl (C=O) groups excluding carboxylic acids is 1. The van der Waals surface area contributed by atoms with E-state index in [9.17, 15) is 15.0 Å². The molecule has 3 rings (SSSR count). The van der Waals surface area contributed by atoms with Gasteiger partial charge in [-0.2, -0.15) is 0 Å². The molecule has 1 aromatic carbocycles. The summed E-state index contributed by atoms with van der Waals surface area (Å²) in [6, 6.07) is 12.7. The number of ether oxygens (including phenoxy) is 1. The summed E-state index contributed by atoms with van der Waals surface area (Å²) < 4.78 is 5.62. The van der Waals surface area contributed by atoms with E-state index < -0.39 is 12.2 Å². The van der Waals surface area contributed by atoms with Crippen molar-refractivity contribution in [1.82, 2.24) is 10.3 Å². The van der Waals surface area contributed by atoms with Crippen LogP contribution in [0.15, 0.2) is 48.7 Å². The highest BCUT2D eigenvalue weighted by Gasteiger charge is 2.32. The first-order valence-electron chi connectivity index (χ1n) is 7.91. The van der Waals surface area contributed by atoms with Crippen LogP contribution < -0.4 is 10.1 Å². The summed E-state index contributed by atoms with van der Waals surface area (Å²) in [5.41, 5.74) is 1.45. The van der Waals surface area contributed by atoms with Gasteiger partial charge in [-0.25, -0.2) is 4.98 Å². The van der Waals surface area contributed by atoms with E-state index in [0.29, 0.717) is 30.9 Å². The number of rotatable bonds is 5. The lowest BCUT2D eigenvalue weighted by Crippen LogP contribution is -2.33. The molecule has 3 N–H and O–H groups in total. The minimum Gasteiger partial charge on any atom is -0.473 e. The van der Waals surface area contributed by atoms with Gasteiger partial charge in [0.05, 0.1) is 12.2 Å². The van der Waals surface area contributed by atoms with E-state index in [4.69, 9.17) is 4.74 Å². The fraction of sp³-hybridized carbons (Fsp3) is 0.333. The average molecular weight is 328 g/mol. The normalized spacial score (nSPS) is 23.0. The molecule has 2 aromatic rings. The Labute approximate surface area is 140 Å². The second kappa shape index (κ2) is 7.42. The van der Waals surface area contributed by atoms with E-state index in [-0.39, 0.29) is 11.9 Å². The van der Waals surface area contributed by atoms with Crippen LogP contribution in [0.4, 0.5) is 0 Å². The Hall–Kier alpha value is -2.44. The zero-order valence-electron chi connectivity index (χ0n) is 13.1. The summed E-state index contributed by atoms with van der Waals surface area (Å²) in [7, 11) is 0. The highest BCUT2D eigenvalue weighted by molar-refractivity contribution is 5.94. The molecule has 1 aliphatic rings. The zero-order chi connectivity index (χ0) is 16.9. The molecule has 24 heavy (non-hydrogen) atoms. The minimum absolute atomic E-state index is 0.232. The molecule has 0 radical (unpaired) electrons. The lowest BCUT2D eigenvalue weighted by Gasteiger charge is -2.12. The summed E-state index contributed by atoms with van der Waals surface area (Å²) >= 11 is 0. The van der Waals surface area contributed by atoms with Crippen LogP contribution in [-0.2, 0) is 6.61 Å². The van der Waals surface area contributed by atoms with Gasteiger partial charge in [0.25, 0.3) is 5.91 Å². The molecule has 3 atom stereocenters. The lowest BCUT2D eigenvalue weighted by molar-refractivity contribution is 0.0438. The van der Waals surface area contributed by atoms with E-state index >= 15 is 0 Å². The van der Waals surface area contributed by atoms with Crippen molar-refractivity contribution in [3.8, 4) is 5.88 Å². The van der Waals surface area contributed by atoms with Crippen LogP contribution >= 0.6 is 0 Å². The van der Waals surface area contributed by atoms with Crippen molar-refractivity contribution < 1.29 is 19.7 Å². The van der Waals surface area contributed by atoms with E-state index in [1.165, 1.54) is 6.20 Å². The van der Waals surface area contributed by atoms with Gasteiger partial charge in [0.2, 0.25) is 5.88 Å². The second-order valence-corrected chi connectivity index (χ2v) is 5.93. The smallest absolute Gasteiger partial charge is 0.251 e. The van der Waals surface area contributed by atoms with Gasteiger partial charge in [-0.15, -0.1) is 0 Å². The Morgan fingerprint density at radius 1 is 1.17 bits per heavy atom. The third-order valence-corrected chi connectivity index (χ3v) is 4.06. The van der Waals surface area contributed by atoms with Crippen LogP contribution in [0, 0.1) is 0 Å². The molecule has 0 saturated heterocycles. The van der Waals surface area contributed by atoms with Crippen molar-refractivity contribution in [2.75, 3.05) is 0 Å². The monoisotopic (exact) mass is 328 g/mol. The number of aliphatic hydroxyl groups is 2. The molecular weight excluding hydrogens is 308 g/mol. The number of aliphatic hydroxyl groups excluding tert-OH is 2. The Kier molecular flexibility index (Phi) is 5.08. The summed E-state index contributed by atoms with van der Waals surface area (Å²) in [5.74, 6) is 0.103. The van der Waals surface area contributed by atoms with Gasteiger partial charge < -0.3 is 20.3 Å². The van der Waals surface area contributed by atoms with Crippen LogP contribution in [-0.4, -0.2) is 39.4 Å². The van der Waals surface area contributed by atoms with Crippen molar-refractivity contribution in [1.29, 1.82) is 0 Å². The van der Waals surface area contributed by atoms with E-state index in [2.05, 4.69) is 10.3 Å². The summed E-state index contributed by atoms with van der Waals surface area (Å²) in [6.45, 7) is 0.375. The third-order valence-electron chi connectivity index (χ3n) is 4.06. The van der Waals surface area contributed by atoms with E-state index in [1.54, 1.807) is 12.1 Å². The Morgan fingerprint density at radius 2 is 1.88 bits per heavy atom. The first kappa shape index (κ1) is 16.4. The number of nitrogens with one attached hydrogen (secondary N) is 1. The molecule has 126 valence electrons.